The molecule has 2 nitrogen and oxygen atoms in total. The maximum absolute atomic E-state index is 13.0. The topological polar surface area (TPSA) is 32.3 Å². The van der Waals surface area contributed by atoms with Crippen molar-refractivity contribution in [2.24, 2.45) is 0 Å². The van der Waals surface area contributed by atoms with Crippen LogP contribution in [0.3, 0.4) is 0 Å². The second-order valence-corrected chi connectivity index (χ2v) is 4.73. The molecule has 0 saturated heterocycles. The molecule has 2 atom stereocenters. The lowest BCUT2D eigenvalue weighted by Crippen LogP contribution is -2.28. The van der Waals surface area contributed by atoms with Crippen LogP contribution in [0.2, 0.25) is 0 Å². The van der Waals surface area contributed by atoms with Crippen molar-refractivity contribution in [2.45, 2.75) is 31.4 Å². The molecule has 0 aromatic heterocycles. The summed E-state index contributed by atoms with van der Waals surface area (Å²) in [5, 5.41) is 12.8. The van der Waals surface area contributed by atoms with Crippen LogP contribution >= 0.6 is 15.9 Å². The molecule has 1 aliphatic rings. The molecule has 1 fully saturated rings. The van der Waals surface area contributed by atoms with Crippen molar-refractivity contribution in [3.63, 3.8) is 0 Å². The molecule has 4 heteroatoms. The summed E-state index contributed by atoms with van der Waals surface area (Å²) in [7, 11) is 0. The lowest BCUT2D eigenvalue weighted by Gasteiger charge is -2.18. The zero-order chi connectivity index (χ0) is 10.8. The minimum Gasteiger partial charge on any atom is -0.391 e. The zero-order valence-corrected chi connectivity index (χ0v) is 9.80. The Morgan fingerprint density at radius 1 is 1.40 bits per heavy atom. The van der Waals surface area contributed by atoms with Gasteiger partial charge < -0.3 is 10.4 Å². The van der Waals surface area contributed by atoms with Crippen molar-refractivity contribution in [2.75, 3.05) is 5.32 Å². The number of halogens is 2. The first-order valence-electron chi connectivity index (χ1n) is 5.06. The first-order chi connectivity index (χ1) is 7.16. The molecule has 1 aliphatic carbocycles. The van der Waals surface area contributed by atoms with E-state index in [0.29, 0.717) is 5.69 Å². The van der Waals surface area contributed by atoms with Crippen molar-refractivity contribution < 1.29 is 9.50 Å². The van der Waals surface area contributed by atoms with E-state index in [9.17, 15) is 9.50 Å². The highest BCUT2D eigenvalue weighted by Crippen LogP contribution is 2.28. The maximum Gasteiger partial charge on any atom is 0.125 e. The van der Waals surface area contributed by atoms with Crippen molar-refractivity contribution in [1.29, 1.82) is 0 Å². The number of benzene rings is 1. The summed E-state index contributed by atoms with van der Waals surface area (Å²) in [4.78, 5) is 0. The van der Waals surface area contributed by atoms with E-state index >= 15 is 0 Å². The molecule has 0 spiro atoms. The van der Waals surface area contributed by atoms with E-state index in [2.05, 4.69) is 21.2 Å². The van der Waals surface area contributed by atoms with Crippen LogP contribution in [0.15, 0.2) is 22.7 Å². The highest BCUT2D eigenvalue weighted by atomic mass is 79.9. The molecule has 2 rings (SSSR count). The van der Waals surface area contributed by atoms with Gasteiger partial charge in [-0.2, -0.15) is 0 Å². The number of anilines is 1. The number of hydrogen-bond donors (Lipinski definition) is 2. The SMILES string of the molecule is OC1CCCC1Nc1cc(F)ccc1Br. The van der Waals surface area contributed by atoms with Crippen molar-refractivity contribution in [3.8, 4) is 0 Å². The van der Waals surface area contributed by atoms with Crippen molar-refractivity contribution in [1.82, 2.24) is 0 Å². The highest BCUT2D eigenvalue weighted by Gasteiger charge is 2.25. The Morgan fingerprint density at radius 2 is 2.20 bits per heavy atom. The molecule has 0 amide bonds. The van der Waals surface area contributed by atoms with E-state index in [1.807, 2.05) is 0 Å². The Balaban J connectivity index is 2.12. The highest BCUT2D eigenvalue weighted by molar-refractivity contribution is 9.10. The molecule has 0 radical (unpaired) electrons. The molecular formula is C11H13BrFNO. The van der Waals surface area contributed by atoms with Crippen LogP contribution < -0.4 is 5.32 Å². The predicted molar refractivity (Wildman–Crippen MR) is 61.4 cm³/mol. The van der Waals surface area contributed by atoms with Crippen LogP contribution in [-0.4, -0.2) is 17.3 Å². The molecule has 1 saturated carbocycles. The van der Waals surface area contributed by atoms with Crippen LogP contribution in [0.5, 0.6) is 0 Å². The molecule has 1 aromatic carbocycles. The number of aliphatic hydroxyl groups is 1. The van der Waals surface area contributed by atoms with Crippen LogP contribution in [0.25, 0.3) is 0 Å². The molecule has 2 N–H and O–H groups in total. The fourth-order valence-electron chi connectivity index (χ4n) is 1.92. The van der Waals surface area contributed by atoms with E-state index in [4.69, 9.17) is 0 Å². The van der Waals surface area contributed by atoms with Crippen molar-refractivity contribution in [3.05, 3.63) is 28.5 Å². The lowest BCUT2D eigenvalue weighted by molar-refractivity contribution is 0.172. The monoisotopic (exact) mass is 273 g/mol. The Hall–Kier alpha value is -0.610. The molecule has 0 bridgehead atoms. The van der Waals surface area contributed by atoms with Gasteiger partial charge in [0, 0.05) is 4.47 Å². The first-order valence-corrected chi connectivity index (χ1v) is 5.86. The van der Waals surface area contributed by atoms with E-state index in [1.54, 1.807) is 6.07 Å². The predicted octanol–water partition coefficient (Wildman–Crippen LogP) is 2.91. The minimum atomic E-state index is -0.319. The van der Waals surface area contributed by atoms with E-state index in [-0.39, 0.29) is 18.0 Å². The largest absolute Gasteiger partial charge is 0.391 e. The van der Waals surface area contributed by atoms with Gasteiger partial charge in [-0.1, -0.05) is 0 Å². The normalized spacial score (nSPS) is 25.5. The lowest BCUT2D eigenvalue weighted by atomic mass is 10.2. The van der Waals surface area contributed by atoms with Gasteiger partial charge >= 0.3 is 0 Å². The first kappa shape index (κ1) is 10.9. The van der Waals surface area contributed by atoms with Crippen LogP contribution in [-0.2, 0) is 0 Å². The molecule has 1 aromatic rings. The number of rotatable bonds is 2. The Bertz CT molecular complexity index is 358. The van der Waals surface area contributed by atoms with Gasteiger partial charge in [0.05, 0.1) is 17.8 Å². The Labute approximate surface area is 96.6 Å². The van der Waals surface area contributed by atoms with Gasteiger partial charge in [0.15, 0.2) is 0 Å². The summed E-state index contributed by atoms with van der Waals surface area (Å²) >= 11 is 3.35. The molecular weight excluding hydrogens is 261 g/mol. The molecule has 2 unspecified atom stereocenters. The third kappa shape index (κ3) is 2.49. The van der Waals surface area contributed by atoms with Gasteiger partial charge in [-0.05, 0) is 53.4 Å². The average molecular weight is 274 g/mol. The minimum absolute atomic E-state index is 0.0445. The van der Waals surface area contributed by atoms with E-state index < -0.39 is 0 Å². The molecule has 82 valence electrons. The summed E-state index contributed by atoms with van der Waals surface area (Å²) in [6.45, 7) is 0. The van der Waals surface area contributed by atoms with Crippen LogP contribution in [0.1, 0.15) is 19.3 Å². The quantitative estimate of drug-likeness (QED) is 0.869. The summed E-state index contributed by atoms with van der Waals surface area (Å²) < 4.78 is 13.8. The molecule has 0 heterocycles. The molecule has 15 heavy (non-hydrogen) atoms. The average Bonchev–Trinajstić information content (AvgIpc) is 2.58. The van der Waals surface area contributed by atoms with Gasteiger partial charge in [0.2, 0.25) is 0 Å². The fourth-order valence-corrected chi connectivity index (χ4v) is 2.28. The summed E-state index contributed by atoms with van der Waals surface area (Å²) in [5.74, 6) is -0.270. The second-order valence-electron chi connectivity index (χ2n) is 3.87. The summed E-state index contributed by atoms with van der Waals surface area (Å²) in [6.07, 6.45) is 2.46. The molecule has 0 aliphatic heterocycles. The number of hydrogen-bond acceptors (Lipinski definition) is 2. The Kier molecular flexibility index (Phi) is 3.26. The third-order valence-corrected chi connectivity index (χ3v) is 3.44. The van der Waals surface area contributed by atoms with E-state index in [0.717, 1.165) is 23.7 Å². The van der Waals surface area contributed by atoms with Gasteiger partial charge in [-0.3, -0.25) is 0 Å². The number of nitrogens with one attached hydrogen (secondary N) is 1. The fraction of sp³-hybridized carbons (Fsp3) is 0.455. The van der Waals surface area contributed by atoms with Crippen molar-refractivity contribution >= 4 is 21.6 Å². The van der Waals surface area contributed by atoms with Crippen LogP contribution in [0, 0.1) is 5.82 Å². The zero-order valence-electron chi connectivity index (χ0n) is 8.21. The standard InChI is InChI=1S/C11H13BrFNO/c12-8-5-4-7(13)6-10(8)14-9-2-1-3-11(9)15/h4-6,9,11,14-15H,1-3H2. The second kappa shape index (κ2) is 4.49. The third-order valence-electron chi connectivity index (χ3n) is 2.75. The van der Waals surface area contributed by atoms with Crippen LogP contribution in [0.4, 0.5) is 10.1 Å². The maximum atomic E-state index is 13.0. The summed E-state index contributed by atoms with van der Waals surface area (Å²) in [6, 6.07) is 4.55. The van der Waals surface area contributed by atoms with Gasteiger partial charge in [-0.15, -0.1) is 0 Å². The van der Waals surface area contributed by atoms with Gasteiger partial charge in [0.25, 0.3) is 0 Å². The van der Waals surface area contributed by atoms with Gasteiger partial charge in [-0.25, -0.2) is 4.39 Å². The number of aliphatic hydroxyl groups excluding tert-OH is 1. The van der Waals surface area contributed by atoms with Gasteiger partial charge in [0.1, 0.15) is 5.82 Å². The smallest absolute Gasteiger partial charge is 0.125 e. The summed E-state index contributed by atoms with van der Waals surface area (Å²) in [5.41, 5.74) is 0.709. The van der Waals surface area contributed by atoms with E-state index in [1.165, 1.54) is 12.1 Å². The Morgan fingerprint density at radius 3 is 2.87 bits per heavy atom.